The van der Waals surface area contributed by atoms with Crippen molar-refractivity contribution in [2.24, 2.45) is 0 Å². The molecule has 10 heavy (non-hydrogen) atoms. The number of aldehydes is 1. The minimum atomic E-state index is -1.64. The first kappa shape index (κ1) is 9.51. The minimum absolute atomic E-state index is 0.0869. The SMILES string of the molecule is O=C[13C@H](O)[C@H](O)[C@@H](O)CO. The van der Waals surface area contributed by atoms with Crippen molar-refractivity contribution >= 4 is 6.29 Å². The Morgan fingerprint density at radius 2 is 1.80 bits per heavy atom. The lowest BCUT2D eigenvalue weighted by molar-refractivity contribution is -0.127. The highest BCUT2D eigenvalue weighted by Crippen LogP contribution is 1.96. The fourth-order valence-electron chi connectivity index (χ4n) is 0.416. The van der Waals surface area contributed by atoms with Gasteiger partial charge in [0.1, 0.15) is 18.3 Å². The third-order valence-corrected chi connectivity index (χ3v) is 1.07. The first-order chi connectivity index (χ1) is 4.63. The van der Waals surface area contributed by atoms with Gasteiger partial charge in [-0.1, -0.05) is 0 Å². The van der Waals surface area contributed by atoms with Gasteiger partial charge in [-0.3, -0.25) is 0 Å². The Hall–Kier alpha value is -0.490. The van der Waals surface area contributed by atoms with Crippen molar-refractivity contribution in [2.75, 3.05) is 6.61 Å². The zero-order chi connectivity index (χ0) is 8.15. The van der Waals surface area contributed by atoms with Gasteiger partial charge in [-0.2, -0.15) is 0 Å². The second kappa shape index (κ2) is 4.35. The number of hydrogen-bond donors (Lipinski definition) is 4. The summed E-state index contributed by atoms with van der Waals surface area (Å²) in [5, 5.41) is 34.1. The number of carbonyl (C=O) groups excluding carboxylic acids is 1. The van der Waals surface area contributed by atoms with E-state index in [0.717, 1.165) is 0 Å². The highest BCUT2D eigenvalue weighted by molar-refractivity contribution is 5.56. The molecule has 0 saturated heterocycles. The van der Waals surface area contributed by atoms with Crippen LogP contribution in [0.5, 0.6) is 0 Å². The maximum Gasteiger partial charge on any atom is 0.151 e. The first-order valence-corrected chi connectivity index (χ1v) is 2.73. The van der Waals surface area contributed by atoms with Crippen LogP contribution < -0.4 is 0 Å². The summed E-state index contributed by atoms with van der Waals surface area (Å²) < 4.78 is 0. The Morgan fingerprint density at radius 1 is 1.30 bits per heavy atom. The predicted molar refractivity (Wildman–Crippen MR) is 31.2 cm³/mol. The summed E-state index contributed by atoms with van der Waals surface area (Å²) in [6, 6.07) is 0. The molecule has 0 unspecified atom stereocenters. The minimum Gasteiger partial charge on any atom is -0.394 e. The zero-order valence-corrected chi connectivity index (χ0v) is 5.21. The van der Waals surface area contributed by atoms with E-state index in [1.165, 1.54) is 0 Å². The number of aliphatic hydroxyl groups is 4. The molecule has 5 heteroatoms. The van der Waals surface area contributed by atoms with Crippen LogP contribution in [0.4, 0.5) is 0 Å². The lowest BCUT2D eigenvalue weighted by Gasteiger charge is -2.16. The van der Waals surface area contributed by atoms with E-state index < -0.39 is 24.9 Å². The maximum atomic E-state index is 9.76. The van der Waals surface area contributed by atoms with Crippen LogP contribution >= 0.6 is 0 Å². The van der Waals surface area contributed by atoms with Gasteiger partial charge in [0.05, 0.1) is 6.61 Å². The molecular formula is C5H10O5. The van der Waals surface area contributed by atoms with Gasteiger partial charge in [0.2, 0.25) is 0 Å². The molecule has 60 valence electrons. The molecule has 0 aliphatic heterocycles. The van der Waals surface area contributed by atoms with Crippen LogP contribution in [-0.4, -0.2) is 51.6 Å². The van der Waals surface area contributed by atoms with Crippen molar-refractivity contribution in [3.8, 4) is 0 Å². The zero-order valence-electron chi connectivity index (χ0n) is 5.21. The monoisotopic (exact) mass is 151 g/mol. The van der Waals surface area contributed by atoms with Crippen LogP contribution in [-0.2, 0) is 4.79 Å². The van der Waals surface area contributed by atoms with Crippen molar-refractivity contribution in [3.63, 3.8) is 0 Å². The van der Waals surface area contributed by atoms with Crippen molar-refractivity contribution in [1.82, 2.24) is 0 Å². The van der Waals surface area contributed by atoms with Gasteiger partial charge in [-0.15, -0.1) is 0 Å². The lowest BCUT2D eigenvalue weighted by atomic mass is 10.3. The van der Waals surface area contributed by atoms with E-state index in [0.29, 0.717) is 0 Å². The van der Waals surface area contributed by atoms with Gasteiger partial charge in [0.25, 0.3) is 0 Å². The Labute approximate surface area is 57.5 Å². The summed E-state index contributed by atoms with van der Waals surface area (Å²) in [6.07, 6.45) is -4.63. The van der Waals surface area contributed by atoms with E-state index in [2.05, 4.69) is 0 Å². The molecule has 3 atom stereocenters. The molecule has 0 rings (SSSR count). The van der Waals surface area contributed by atoms with Gasteiger partial charge >= 0.3 is 0 Å². The normalized spacial score (nSPS) is 19.6. The van der Waals surface area contributed by atoms with Crippen LogP contribution in [0.1, 0.15) is 0 Å². The van der Waals surface area contributed by atoms with E-state index >= 15 is 0 Å². The van der Waals surface area contributed by atoms with Gasteiger partial charge in [0, 0.05) is 0 Å². The largest absolute Gasteiger partial charge is 0.394 e. The summed E-state index contributed by atoms with van der Waals surface area (Å²) in [6.45, 7) is -0.688. The van der Waals surface area contributed by atoms with Gasteiger partial charge < -0.3 is 25.2 Å². The van der Waals surface area contributed by atoms with Crippen molar-refractivity contribution in [3.05, 3.63) is 0 Å². The Balaban J connectivity index is 3.80. The smallest absolute Gasteiger partial charge is 0.151 e. The van der Waals surface area contributed by atoms with E-state index in [1.807, 2.05) is 0 Å². The molecule has 0 saturated carbocycles. The molecule has 0 radical (unpaired) electrons. The third kappa shape index (κ3) is 2.40. The maximum absolute atomic E-state index is 9.76. The Bertz CT molecular complexity index is 104. The second-order valence-corrected chi connectivity index (χ2v) is 1.87. The molecule has 0 amide bonds. The third-order valence-electron chi connectivity index (χ3n) is 1.07. The van der Waals surface area contributed by atoms with Crippen molar-refractivity contribution in [1.29, 1.82) is 0 Å². The molecule has 0 aromatic heterocycles. The molecule has 0 aliphatic carbocycles. The molecule has 0 heterocycles. The number of rotatable bonds is 4. The molecular weight excluding hydrogens is 141 g/mol. The van der Waals surface area contributed by atoms with E-state index in [9.17, 15) is 4.79 Å². The van der Waals surface area contributed by atoms with Gasteiger partial charge in [-0.25, -0.2) is 0 Å². The van der Waals surface area contributed by atoms with Crippen molar-refractivity contribution in [2.45, 2.75) is 18.3 Å². The fourth-order valence-corrected chi connectivity index (χ4v) is 0.416. The second-order valence-electron chi connectivity index (χ2n) is 1.87. The quantitative estimate of drug-likeness (QED) is 0.258. The summed E-state index contributed by atoms with van der Waals surface area (Å²) in [7, 11) is 0. The highest BCUT2D eigenvalue weighted by atomic mass is 16.4. The van der Waals surface area contributed by atoms with Crippen LogP contribution in [0.15, 0.2) is 0 Å². The summed E-state index contributed by atoms with van der Waals surface area (Å²) in [5.74, 6) is 0. The molecule has 0 bridgehead atoms. The van der Waals surface area contributed by atoms with Gasteiger partial charge in [0.15, 0.2) is 6.29 Å². The van der Waals surface area contributed by atoms with Crippen LogP contribution in [0.2, 0.25) is 0 Å². The summed E-state index contributed by atoms with van der Waals surface area (Å²) >= 11 is 0. The molecule has 5 nitrogen and oxygen atoms in total. The average Bonchev–Trinajstić information content (AvgIpc) is 2.00. The molecule has 0 aliphatic rings. The average molecular weight is 151 g/mol. The molecule has 0 aromatic rings. The van der Waals surface area contributed by atoms with Crippen LogP contribution in [0, 0.1) is 0 Å². The van der Waals surface area contributed by atoms with E-state index in [-0.39, 0.29) is 6.29 Å². The number of aliphatic hydroxyl groups excluding tert-OH is 4. The molecule has 0 fully saturated rings. The molecule has 0 spiro atoms. The fraction of sp³-hybridized carbons (Fsp3) is 0.800. The van der Waals surface area contributed by atoms with E-state index in [4.69, 9.17) is 20.4 Å². The first-order valence-electron chi connectivity index (χ1n) is 2.73. The molecule has 4 N–H and O–H groups in total. The summed E-state index contributed by atoms with van der Waals surface area (Å²) in [4.78, 5) is 9.76. The Kier molecular flexibility index (Phi) is 4.13. The number of carbonyl (C=O) groups is 1. The summed E-state index contributed by atoms with van der Waals surface area (Å²) in [5.41, 5.74) is 0. The van der Waals surface area contributed by atoms with Crippen LogP contribution in [0.3, 0.4) is 0 Å². The Morgan fingerprint density at radius 3 is 2.10 bits per heavy atom. The lowest BCUT2D eigenvalue weighted by Crippen LogP contribution is -2.40. The molecule has 0 aromatic carbocycles. The highest BCUT2D eigenvalue weighted by Gasteiger charge is 2.22. The van der Waals surface area contributed by atoms with Gasteiger partial charge in [-0.05, 0) is 0 Å². The van der Waals surface area contributed by atoms with Crippen molar-refractivity contribution < 1.29 is 25.2 Å². The standard InChI is InChI=1S/C5H10O5/c6-1-3(8)5(10)4(9)2-7/h1,3-5,7-10H,2H2/t3-,4-,5-/m0/s1/i3+1. The van der Waals surface area contributed by atoms with Crippen LogP contribution in [0.25, 0.3) is 0 Å². The van der Waals surface area contributed by atoms with E-state index in [1.54, 1.807) is 0 Å². The number of hydrogen-bond acceptors (Lipinski definition) is 5. The topological polar surface area (TPSA) is 98.0 Å². The predicted octanol–water partition coefficient (Wildman–Crippen LogP) is -2.74.